The van der Waals surface area contributed by atoms with E-state index in [1.165, 1.54) is 0 Å². The summed E-state index contributed by atoms with van der Waals surface area (Å²) in [6, 6.07) is 12.5. The first-order valence-corrected chi connectivity index (χ1v) is 10.4. The molecule has 0 bridgehead atoms. The second kappa shape index (κ2) is 10.6. The second-order valence-corrected chi connectivity index (χ2v) is 7.35. The number of quaternary nitrogens is 1. The highest BCUT2D eigenvalue weighted by molar-refractivity contribution is 5.93. The van der Waals surface area contributed by atoms with Crippen LogP contribution in [0.3, 0.4) is 0 Å². The number of anilines is 1. The number of methoxy groups -OCH3 is 2. The molecule has 164 valence electrons. The molecule has 1 unspecified atom stereocenters. The molecular weight excluding hydrogens is 396 g/mol. The standard InChI is InChI=1S/C23H28N4O4/c1-4-5-12-27(14-21-24-18-9-7-6-8-17(18)23(29)26-21)15-22(28)25-19-13-16(30-2)10-11-20(19)31-3/h6-11,13H,4-5,12,14-15H2,1-3H3,(H,25,28)(H,24,26,29)/p+1. The zero-order valence-electron chi connectivity index (χ0n) is 18.2. The van der Waals surface area contributed by atoms with Gasteiger partial charge in [-0.15, -0.1) is 0 Å². The lowest BCUT2D eigenvalue weighted by molar-refractivity contribution is -0.906. The number of hydrogen-bond donors (Lipinski definition) is 3. The lowest BCUT2D eigenvalue weighted by atomic mass is 10.2. The fourth-order valence-corrected chi connectivity index (χ4v) is 3.45. The van der Waals surface area contributed by atoms with Crippen LogP contribution in [-0.2, 0) is 11.3 Å². The molecule has 1 atom stereocenters. The van der Waals surface area contributed by atoms with Crippen molar-refractivity contribution in [3.8, 4) is 11.5 Å². The van der Waals surface area contributed by atoms with Crippen molar-refractivity contribution in [2.24, 2.45) is 0 Å². The summed E-state index contributed by atoms with van der Waals surface area (Å²) in [5.74, 6) is 1.61. The van der Waals surface area contributed by atoms with Gasteiger partial charge in [0.2, 0.25) is 0 Å². The molecule has 1 aromatic heterocycles. The smallest absolute Gasteiger partial charge is 0.279 e. The zero-order chi connectivity index (χ0) is 22.2. The minimum atomic E-state index is -0.166. The molecule has 0 spiro atoms. The van der Waals surface area contributed by atoms with E-state index in [4.69, 9.17) is 9.47 Å². The fraction of sp³-hybridized carbons (Fsp3) is 0.348. The Hall–Kier alpha value is -3.39. The van der Waals surface area contributed by atoms with Crippen LogP contribution in [0.1, 0.15) is 25.6 Å². The average molecular weight is 426 g/mol. The first-order valence-electron chi connectivity index (χ1n) is 10.4. The highest BCUT2D eigenvalue weighted by Crippen LogP contribution is 2.28. The van der Waals surface area contributed by atoms with Gasteiger partial charge in [0.1, 0.15) is 18.0 Å². The van der Waals surface area contributed by atoms with E-state index in [9.17, 15) is 9.59 Å². The maximum Gasteiger partial charge on any atom is 0.279 e. The lowest BCUT2D eigenvalue weighted by Crippen LogP contribution is -3.12. The number of aromatic nitrogens is 2. The Morgan fingerprint density at radius 2 is 1.97 bits per heavy atom. The number of rotatable bonds is 10. The van der Waals surface area contributed by atoms with Crippen LogP contribution in [0.15, 0.2) is 47.3 Å². The molecule has 0 saturated carbocycles. The van der Waals surface area contributed by atoms with Gasteiger partial charge < -0.3 is 24.7 Å². The van der Waals surface area contributed by atoms with E-state index < -0.39 is 0 Å². The largest absolute Gasteiger partial charge is 0.497 e. The predicted octanol–water partition coefficient (Wildman–Crippen LogP) is 1.76. The molecule has 8 nitrogen and oxygen atoms in total. The molecule has 1 amide bonds. The summed E-state index contributed by atoms with van der Waals surface area (Å²) in [6.07, 6.45) is 1.97. The summed E-state index contributed by atoms with van der Waals surface area (Å²) in [5.41, 5.74) is 1.04. The van der Waals surface area contributed by atoms with Crippen LogP contribution in [0.25, 0.3) is 10.9 Å². The first-order chi connectivity index (χ1) is 15.0. The summed E-state index contributed by atoms with van der Waals surface area (Å²) in [4.78, 5) is 33.6. The maximum absolute atomic E-state index is 12.8. The molecule has 3 aromatic rings. The maximum atomic E-state index is 12.8. The molecule has 3 N–H and O–H groups in total. The third kappa shape index (κ3) is 5.82. The van der Waals surface area contributed by atoms with Gasteiger partial charge in [-0.05, 0) is 30.7 Å². The summed E-state index contributed by atoms with van der Waals surface area (Å²) in [7, 11) is 3.12. The van der Waals surface area contributed by atoms with Gasteiger partial charge in [-0.25, -0.2) is 4.98 Å². The van der Waals surface area contributed by atoms with Crippen molar-refractivity contribution >= 4 is 22.5 Å². The number of ether oxygens (including phenoxy) is 2. The monoisotopic (exact) mass is 425 g/mol. The minimum absolute atomic E-state index is 0.152. The van der Waals surface area contributed by atoms with Crippen LogP contribution < -0.4 is 25.2 Å². The number of nitrogens with zero attached hydrogens (tertiary/aromatic N) is 1. The summed E-state index contributed by atoms with van der Waals surface area (Å²) in [6.45, 7) is 3.57. The average Bonchev–Trinajstić information content (AvgIpc) is 2.77. The summed E-state index contributed by atoms with van der Waals surface area (Å²) >= 11 is 0. The van der Waals surface area contributed by atoms with Crippen molar-refractivity contribution in [2.75, 3.05) is 32.6 Å². The SMILES string of the molecule is CCCC[NH+](CC(=O)Nc1cc(OC)ccc1OC)Cc1nc2ccccc2c(=O)[nH]1. The van der Waals surface area contributed by atoms with E-state index in [1.807, 2.05) is 18.2 Å². The van der Waals surface area contributed by atoms with Gasteiger partial charge in [-0.2, -0.15) is 0 Å². The first kappa shape index (κ1) is 22.3. The van der Waals surface area contributed by atoms with Crippen LogP contribution in [0.2, 0.25) is 0 Å². The van der Waals surface area contributed by atoms with E-state index >= 15 is 0 Å². The van der Waals surface area contributed by atoms with E-state index in [1.54, 1.807) is 38.5 Å². The van der Waals surface area contributed by atoms with Crippen LogP contribution in [0.5, 0.6) is 11.5 Å². The number of benzene rings is 2. The molecule has 0 aliphatic heterocycles. The molecule has 0 fully saturated rings. The molecule has 31 heavy (non-hydrogen) atoms. The molecule has 8 heteroatoms. The zero-order valence-corrected chi connectivity index (χ0v) is 18.2. The highest BCUT2D eigenvalue weighted by atomic mass is 16.5. The third-order valence-corrected chi connectivity index (χ3v) is 5.05. The van der Waals surface area contributed by atoms with Crippen molar-refractivity contribution in [2.45, 2.75) is 26.3 Å². The summed E-state index contributed by atoms with van der Waals surface area (Å²) in [5, 5.41) is 3.47. The number of amides is 1. The number of carbonyl (C=O) groups is 1. The number of aromatic amines is 1. The van der Waals surface area contributed by atoms with Crippen molar-refractivity contribution in [1.29, 1.82) is 0 Å². The van der Waals surface area contributed by atoms with Gasteiger partial charge in [0.15, 0.2) is 12.4 Å². The molecule has 3 rings (SSSR count). The molecule has 0 aliphatic rings. The topological polar surface area (TPSA) is 97.8 Å². The van der Waals surface area contributed by atoms with Crippen LogP contribution in [-0.4, -0.2) is 43.2 Å². The van der Waals surface area contributed by atoms with E-state index in [-0.39, 0.29) is 18.0 Å². The molecule has 1 heterocycles. The van der Waals surface area contributed by atoms with Gasteiger partial charge in [0, 0.05) is 6.07 Å². The Kier molecular flexibility index (Phi) is 7.61. The van der Waals surface area contributed by atoms with Gasteiger partial charge in [-0.1, -0.05) is 25.5 Å². The number of hydrogen-bond acceptors (Lipinski definition) is 5. The lowest BCUT2D eigenvalue weighted by Gasteiger charge is -2.19. The van der Waals surface area contributed by atoms with Crippen molar-refractivity contribution in [1.82, 2.24) is 9.97 Å². The Labute approximate surface area is 181 Å². The van der Waals surface area contributed by atoms with Gasteiger partial charge in [0.25, 0.3) is 11.5 Å². The molecule has 0 saturated heterocycles. The van der Waals surface area contributed by atoms with Crippen molar-refractivity contribution in [3.05, 3.63) is 58.6 Å². The van der Waals surface area contributed by atoms with E-state index in [0.29, 0.717) is 40.5 Å². The Morgan fingerprint density at radius 1 is 1.16 bits per heavy atom. The highest BCUT2D eigenvalue weighted by Gasteiger charge is 2.18. The molecule has 0 radical (unpaired) electrons. The summed E-state index contributed by atoms with van der Waals surface area (Å²) < 4.78 is 10.6. The number of H-pyrrole nitrogens is 1. The number of fused-ring (bicyclic) bond motifs is 1. The van der Waals surface area contributed by atoms with Gasteiger partial charge in [0.05, 0.1) is 37.4 Å². The minimum Gasteiger partial charge on any atom is -0.497 e. The second-order valence-electron chi connectivity index (χ2n) is 7.35. The number of para-hydroxylation sites is 1. The fourth-order valence-electron chi connectivity index (χ4n) is 3.45. The van der Waals surface area contributed by atoms with Crippen LogP contribution in [0.4, 0.5) is 5.69 Å². The Bertz CT molecular complexity index is 1100. The van der Waals surface area contributed by atoms with Crippen molar-refractivity contribution in [3.63, 3.8) is 0 Å². The Balaban J connectivity index is 1.76. The normalized spacial score (nSPS) is 11.8. The van der Waals surface area contributed by atoms with Crippen LogP contribution >= 0.6 is 0 Å². The van der Waals surface area contributed by atoms with E-state index in [2.05, 4.69) is 22.2 Å². The molecule has 0 aliphatic carbocycles. The van der Waals surface area contributed by atoms with Gasteiger partial charge in [-0.3, -0.25) is 9.59 Å². The predicted molar refractivity (Wildman–Crippen MR) is 120 cm³/mol. The van der Waals surface area contributed by atoms with Crippen LogP contribution in [0, 0.1) is 0 Å². The van der Waals surface area contributed by atoms with E-state index in [0.717, 1.165) is 24.3 Å². The number of unbranched alkanes of at least 4 members (excludes halogenated alkanes) is 1. The molecule has 2 aromatic carbocycles. The van der Waals surface area contributed by atoms with Crippen molar-refractivity contribution < 1.29 is 19.2 Å². The van der Waals surface area contributed by atoms with Gasteiger partial charge >= 0.3 is 0 Å². The third-order valence-electron chi connectivity index (χ3n) is 5.05. The quantitative estimate of drug-likeness (QED) is 0.460. The number of nitrogens with one attached hydrogen (secondary N) is 3. The Morgan fingerprint density at radius 3 is 2.71 bits per heavy atom. The number of carbonyl (C=O) groups excluding carboxylic acids is 1. The molecular formula is C23H29N4O4+.